The molecule has 0 spiro atoms. The van der Waals surface area contributed by atoms with Crippen LogP contribution in [-0.2, 0) is 0 Å². The normalized spacial score (nSPS) is 37.8. The fraction of sp³-hybridized carbons (Fsp3) is 1.00. The van der Waals surface area contributed by atoms with Gasteiger partial charge in [-0.2, -0.15) is 0 Å². The molecule has 0 aliphatic heterocycles. The molecule has 2 atom stereocenters. The zero-order valence-corrected chi connectivity index (χ0v) is 8.18. The van der Waals surface area contributed by atoms with Gasteiger partial charge >= 0.3 is 0 Å². The Kier molecular flexibility index (Phi) is 2.69. The van der Waals surface area contributed by atoms with Crippen molar-refractivity contribution < 1.29 is 0 Å². The Hall–Kier alpha value is -0.0400. The summed E-state index contributed by atoms with van der Waals surface area (Å²) >= 11 is 0. The number of rotatable bonds is 2. The van der Waals surface area contributed by atoms with Crippen LogP contribution in [0.4, 0.5) is 0 Å². The molecule has 1 N–H and O–H groups in total. The van der Waals surface area contributed by atoms with Gasteiger partial charge in [0.2, 0.25) is 0 Å². The van der Waals surface area contributed by atoms with Crippen molar-refractivity contribution in [3.05, 3.63) is 0 Å². The van der Waals surface area contributed by atoms with Gasteiger partial charge in [0.15, 0.2) is 0 Å². The van der Waals surface area contributed by atoms with Crippen LogP contribution in [0.25, 0.3) is 0 Å². The fourth-order valence-corrected chi connectivity index (χ4v) is 2.49. The lowest BCUT2D eigenvalue weighted by molar-refractivity contribution is 0.237. The number of hydrogen-bond acceptors (Lipinski definition) is 1. The standard InChI is InChI=1S/C11H21N/c1-9-4-2-7-11(8-9)12-10-5-3-6-10/h9-12H,2-8H2,1H3. The molecule has 70 valence electrons. The molecule has 2 aliphatic rings. The van der Waals surface area contributed by atoms with Crippen molar-refractivity contribution in [2.24, 2.45) is 5.92 Å². The molecule has 0 amide bonds. The van der Waals surface area contributed by atoms with Gasteiger partial charge in [-0.1, -0.05) is 26.2 Å². The van der Waals surface area contributed by atoms with Crippen LogP contribution in [0.3, 0.4) is 0 Å². The van der Waals surface area contributed by atoms with E-state index in [1.54, 1.807) is 0 Å². The maximum atomic E-state index is 3.79. The smallest absolute Gasteiger partial charge is 0.00721 e. The van der Waals surface area contributed by atoms with Gasteiger partial charge in [-0.25, -0.2) is 0 Å². The van der Waals surface area contributed by atoms with Crippen LogP contribution in [-0.4, -0.2) is 12.1 Å². The van der Waals surface area contributed by atoms with E-state index in [9.17, 15) is 0 Å². The first-order valence-corrected chi connectivity index (χ1v) is 5.60. The van der Waals surface area contributed by atoms with Crippen molar-refractivity contribution in [1.29, 1.82) is 0 Å². The molecule has 0 radical (unpaired) electrons. The molecule has 2 aliphatic carbocycles. The summed E-state index contributed by atoms with van der Waals surface area (Å²) in [5.74, 6) is 0.969. The van der Waals surface area contributed by atoms with Gasteiger partial charge in [0.1, 0.15) is 0 Å². The second kappa shape index (κ2) is 3.78. The molecule has 12 heavy (non-hydrogen) atoms. The fourth-order valence-electron chi connectivity index (χ4n) is 2.49. The van der Waals surface area contributed by atoms with Crippen LogP contribution in [0, 0.1) is 5.92 Å². The molecule has 0 aromatic rings. The quantitative estimate of drug-likeness (QED) is 0.667. The van der Waals surface area contributed by atoms with Gasteiger partial charge in [0, 0.05) is 12.1 Å². The van der Waals surface area contributed by atoms with E-state index in [1.165, 1.54) is 44.9 Å². The van der Waals surface area contributed by atoms with Crippen LogP contribution >= 0.6 is 0 Å². The minimum atomic E-state index is 0.860. The van der Waals surface area contributed by atoms with Crippen molar-refractivity contribution in [3.63, 3.8) is 0 Å². The average molecular weight is 167 g/mol. The third-order valence-electron chi connectivity index (χ3n) is 3.51. The van der Waals surface area contributed by atoms with Crippen LogP contribution in [0.1, 0.15) is 51.9 Å². The Bertz CT molecular complexity index is 140. The van der Waals surface area contributed by atoms with Crippen molar-refractivity contribution in [2.75, 3.05) is 0 Å². The third-order valence-corrected chi connectivity index (χ3v) is 3.51. The van der Waals surface area contributed by atoms with Gasteiger partial charge in [-0.05, 0) is 31.6 Å². The van der Waals surface area contributed by atoms with Crippen molar-refractivity contribution in [2.45, 2.75) is 64.0 Å². The van der Waals surface area contributed by atoms with Crippen molar-refractivity contribution >= 4 is 0 Å². The first kappa shape index (κ1) is 8.55. The maximum absolute atomic E-state index is 3.79. The second-order valence-electron chi connectivity index (χ2n) is 4.76. The van der Waals surface area contributed by atoms with Crippen molar-refractivity contribution in [1.82, 2.24) is 5.32 Å². The van der Waals surface area contributed by atoms with Gasteiger partial charge in [-0.3, -0.25) is 0 Å². The SMILES string of the molecule is CC1CCCC(NC2CCC2)C1. The maximum Gasteiger partial charge on any atom is 0.00721 e. The van der Waals surface area contributed by atoms with Crippen LogP contribution in [0.5, 0.6) is 0 Å². The highest BCUT2D eigenvalue weighted by Crippen LogP contribution is 2.26. The predicted molar refractivity (Wildman–Crippen MR) is 52.2 cm³/mol. The summed E-state index contributed by atoms with van der Waals surface area (Å²) in [4.78, 5) is 0. The minimum Gasteiger partial charge on any atom is -0.311 e. The summed E-state index contributed by atoms with van der Waals surface area (Å²) in [6.45, 7) is 2.40. The second-order valence-corrected chi connectivity index (χ2v) is 4.76. The Morgan fingerprint density at radius 3 is 2.17 bits per heavy atom. The Morgan fingerprint density at radius 2 is 1.58 bits per heavy atom. The lowest BCUT2D eigenvalue weighted by Crippen LogP contribution is -2.44. The lowest BCUT2D eigenvalue weighted by Gasteiger charge is -2.35. The largest absolute Gasteiger partial charge is 0.311 e. The number of nitrogens with one attached hydrogen (secondary N) is 1. The highest BCUT2D eigenvalue weighted by molar-refractivity contribution is 4.83. The summed E-state index contributed by atoms with van der Waals surface area (Å²) in [6, 6.07) is 1.75. The molecule has 2 saturated carbocycles. The van der Waals surface area contributed by atoms with Crippen LogP contribution in [0.15, 0.2) is 0 Å². The summed E-state index contributed by atoms with van der Waals surface area (Å²) in [5.41, 5.74) is 0. The molecule has 2 unspecified atom stereocenters. The first-order valence-electron chi connectivity index (χ1n) is 5.60. The van der Waals surface area contributed by atoms with E-state index >= 15 is 0 Å². The van der Waals surface area contributed by atoms with E-state index in [-0.39, 0.29) is 0 Å². The topological polar surface area (TPSA) is 12.0 Å². The summed E-state index contributed by atoms with van der Waals surface area (Å²) < 4.78 is 0. The van der Waals surface area contributed by atoms with E-state index in [4.69, 9.17) is 0 Å². The van der Waals surface area contributed by atoms with Gasteiger partial charge in [0.05, 0.1) is 0 Å². The predicted octanol–water partition coefficient (Wildman–Crippen LogP) is 2.71. The van der Waals surface area contributed by atoms with Crippen LogP contribution in [0.2, 0.25) is 0 Å². The summed E-state index contributed by atoms with van der Waals surface area (Å²) in [7, 11) is 0. The van der Waals surface area contributed by atoms with Crippen LogP contribution < -0.4 is 5.32 Å². The monoisotopic (exact) mass is 167 g/mol. The van der Waals surface area contributed by atoms with Gasteiger partial charge in [-0.15, -0.1) is 0 Å². The highest BCUT2D eigenvalue weighted by atomic mass is 15.0. The third kappa shape index (κ3) is 2.01. The zero-order chi connectivity index (χ0) is 8.39. The number of hydrogen-bond donors (Lipinski definition) is 1. The molecule has 0 bridgehead atoms. The lowest BCUT2D eigenvalue weighted by atomic mass is 9.84. The first-order chi connectivity index (χ1) is 5.84. The summed E-state index contributed by atoms with van der Waals surface area (Å²) in [6.07, 6.45) is 10.1. The van der Waals surface area contributed by atoms with E-state index < -0.39 is 0 Å². The van der Waals surface area contributed by atoms with Gasteiger partial charge in [0.25, 0.3) is 0 Å². The molecular formula is C11H21N. The van der Waals surface area contributed by atoms with E-state index in [0.717, 1.165) is 18.0 Å². The summed E-state index contributed by atoms with van der Waals surface area (Å²) in [5, 5.41) is 3.79. The van der Waals surface area contributed by atoms with Gasteiger partial charge < -0.3 is 5.32 Å². The average Bonchev–Trinajstić information content (AvgIpc) is 1.97. The molecule has 0 aromatic heterocycles. The molecule has 0 aromatic carbocycles. The highest BCUT2D eigenvalue weighted by Gasteiger charge is 2.24. The molecule has 2 rings (SSSR count). The zero-order valence-electron chi connectivity index (χ0n) is 8.18. The Balaban J connectivity index is 1.71. The molecule has 1 heteroatoms. The van der Waals surface area contributed by atoms with E-state index in [1.807, 2.05) is 0 Å². The molecule has 2 fully saturated rings. The molecule has 0 heterocycles. The minimum absolute atomic E-state index is 0.860. The Labute approximate surface area is 75.9 Å². The van der Waals surface area contributed by atoms with E-state index in [0.29, 0.717) is 0 Å². The molecule has 1 nitrogen and oxygen atoms in total. The van der Waals surface area contributed by atoms with E-state index in [2.05, 4.69) is 12.2 Å². The van der Waals surface area contributed by atoms with Crippen molar-refractivity contribution in [3.8, 4) is 0 Å². The molecular weight excluding hydrogens is 146 g/mol. The molecule has 0 saturated heterocycles. The Morgan fingerprint density at radius 1 is 0.917 bits per heavy atom.